The molecule has 0 amide bonds. The summed E-state index contributed by atoms with van der Waals surface area (Å²) in [4.78, 5) is 11.8. The highest BCUT2D eigenvalue weighted by molar-refractivity contribution is 9.10. The van der Waals surface area contributed by atoms with E-state index in [-0.39, 0.29) is 11.3 Å². The first-order valence-electron chi connectivity index (χ1n) is 5.15. The largest absolute Gasteiger partial charge is 0.293 e. The molecule has 16 heavy (non-hydrogen) atoms. The third kappa shape index (κ3) is 3.59. The van der Waals surface area contributed by atoms with Crippen molar-refractivity contribution < 1.29 is 9.18 Å². The minimum atomic E-state index is -0.461. The van der Waals surface area contributed by atoms with Crippen LogP contribution < -0.4 is 0 Å². The average Bonchev–Trinajstić information content (AvgIpc) is 2.29. The lowest BCUT2D eigenvalue weighted by atomic mass is 10.1. The number of hydrogen-bond acceptors (Lipinski definition) is 2. The summed E-state index contributed by atoms with van der Waals surface area (Å²) >= 11 is 4.64. The third-order valence-corrected chi connectivity index (χ3v) is 4.27. The van der Waals surface area contributed by atoms with Crippen LogP contribution in [0.15, 0.2) is 22.7 Å². The van der Waals surface area contributed by atoms with Crippen LogP contribution in [0.2, 0.25) is 0 Å². The zero-order valence-electron chi connectivity index (χ0n) is 9.30. The van der Waals surface area contributed by atoms with Gasteiger partial charge in [0.25, 0.3) is 0 Å². The molecule has 0 aliphatic rings. The molecule has 1 aromatic rings. The molecule has 0 saturated heterocycles. The fourth-order valence-corrected chi connectivity index (χ4v) is 2.33. The second kappa shape index (κ2) is 6.40. The standard InChI is InChI=1S/C12H14BrFOS/c1-3-8(2)16-7-11(15)9-5-4-6-10(13)12(9)14/h4-6,8H,3,7H2,1-2H3. The van der Waals surface area contributed by atoms with Gasteiger partial charge in [-0.2, -0.15) is 11.8 Å². The zero-order chi connectivity index (χ0) is 12.1. The first-order chi connectivity index (χ1) is 7.56. The van der Waals surface area contributed by atoms with E-state index in [0.717, 1.165) is 6.42 Å². The van der Waals surface area contributed by atoms with E-state index in [4.69, 9.17) is 0 Å². The van der Waals surface area contributed by atoms with Gasteiger partial charge < -0.3 is 0 Å². The molecule has 1 rings (SSSR count). The van der Waals surface area contributed by atoms with Crippen LogP contribution in [0.5, 0.6) is 0 Å². The van der Waals surface area contributed by atoms with Crippen molar-refractivity contribution in [3.63, 3.8) is 0 Å². The Labute approximate surface area is 108 Å². The van der Waals surface area contributed by atoms with Gasteiger partial charge in [0, 0.05) is 5.25 Å². The molecule has 88 valence electrons. The lowest BCUT2D eigenvalue weighted by Crippen LogP contribution is -2.08. The van der Waals surface area contributed by atoms with E-state index < -0.39 is 5.82 Å². The molecule has 0 radical (unpaired) electrons. The lowest BCUT2D eigenvalue weighted by Gasteiger charge is -2.08. The van der Waals surface area contributed by atoms with E-state index in [2.05, 4.69) is 29.8 Å². The molecule has 4 heteroatoms. The molecule has 1 aromatic carbocycles. The fraction of sp³-hybridized carbons (Fsp3) is 0.417. The van der Waals surface area contributed by atoms with Gasteiger partial charge >= 0.3 is 0 Å². The molecule has 1 atom stereocenters. The number of rotatable bonds is 5. The first-order valence-corrected chi connectivity index (χ1v) is 6.99. The van der Waals surface area contributed by atoms with Crippen molar-refractivity contribution in [1.82, 2.24) is 0 Å². The van der Waals surface area contributed by atoms with Crippen LogP contribution >= 0.6 is 27.7 Å². The van der Waals surface area contributed by atoms with Gasteiger partial charge in [-0.05, 0) is 34.5 Å². The highest BCUT2D eigenvalue weighted by Crippen LogP contribution is 2.21. The Hall–Kier alpha value is -0.350. The Balaban J connectivity index is 2.70. The van der Waals surface area contributed by atoms with Gasteiger partial charge in [-0.25, -0.2) is 4.39 Å². The molecule has 1 unspecified atom stereocenters. The van der Waals surface area contributed by atoms with Crippen LogP contribution in [-0.2, 0) is 0 Å². The molecule has 0 heterocycles. The Morgan fingerprint density at radius 1 is 1.56 bits per heavy atom. The number of carbonyl (C=O) groups excluding carboxylic acids is 1. The molecule has 0 aliphatic carbocycles. The summed E-state index contributed by atoms with van der Waals surface area (Å²) in [5.41, 5.74) is 0.171. The van der Waals surface area contributed by atoms with Gasteiger partial charge in [-0.1, -0.05) is 19.9 Å². The molecule has 0 aliphatic heterocycles. The predicted octanol–water partition coefficient (Wildman–Crippen LogP) is 4.30. The minimum absolute atomic E-state index is 0.149. The summed E-state index contributed by atoms with van der Waals surface area (Å²) in [6, 6.07) is 4.79. The Kier molecular flexibility index (Phi) is 5.49. The van der Waals surface area contributed by atoms with E-state index in [9.17, 15) is 9.18 Å². The summed E-state index contributed by atoms with van der Waals surface area (Å²) in [5.74, 6) is -0.274. The molecule has 0 aromatic heterocycles. The summed E-state index contributed by atoms with van der Waals surface area (Å²) in [6.07, 6.45) is 1.01. The average molecular weight is 305 g/mol. The maximum absolute atomic E-state index is 13.6. The van der Waals surface area contributed by atoms with E-state index in [0.29, 0.717) is 15.5 Å². The summed E-state index contributed by atoms with van der Waals surface area (Å²) in [5, 5.41) is 0.430. The third-order valence-electron chi connectivity index (χ3n) is 2.33. The van der Waals surface area contributed by atoms with Crippen molar-refractivity contribution >= 4 is 33.5 Å². The van der Waals surface area contributed by atoms with E-state index in [1.54, 1.807) is 23.9 Å². The summed E-state index contributed by atoms with van der Waals surface area (Å²) in [7, 11) is 0. The smallest absolute Gasteiger partial charge is 0.175 e. The minimum Gasteiger partial charge on any atom is -0.293 e. The van der Waals surface area contributed by atoms with Crippen molar-refractivity contribution in [3.8, 4) is 0 Å². The molecular formula is C12H14BrFOS. The second-order valence-electron chi connectivity index (χ2n) is 3.55. The van der Waals surface area contributed by atoms with Crippen molar-refractivity contribution in [2.24, 2.45) is 0 Å². The van der Waals surface area contributed by atoms with E-state index >= 15 is 0 Å². The van der Waals surface area contributed by atoms with Gasteiger partial charge in [-0.3, -0.25) is 4.79 Å². The maximum Gasteiger partial charge on any atom is 0.175 e. The number of benzene rings is 1. The first kappa shape index (κ1) is 13.7. The highest BCUT2D eigenvalue weighted by Gasteiger charge is 2.14. The van der Waals surface area contributed by atoms with Crippen molar-refractivity contribution in [2.45, 2.75) is 25.5 Å². The topological polar surface area (TPSA) is 17.1 Å². The van der Waals surface area contributed by atoms with Crippen molar-refractivity contribution in [2.75, 3.05) is 5.75 Å². The van der Waals surface area contributed by atoms with Crippen LogP contribution in [-0.4, -0.2) is 16.8 Å². The van der Waals surface area contributed by atoms with Gasteiger partial charge in [0.1, 0.15) is 5.82 Å². The fourth-order valence-electron chi connectivity index (χ4n) is 1.13. The molecule has 1 nitrogen and oxygen atoms in total. The molecular weight excluding hydrogens is 291 g/mol. The lowest BCUT2D eigenvalue weighted by molar-refractivity contribution is 0.101. The summed E-state index contributed by atoms with van der Waals surface area (Å²) in [6.45, 7) is 4.14. The van der Waals surface area contributed by atoms with Gasteiger partial charge in [0.2, 0.25) is 0 Å². The SMILES string of the molecule is CCC(C)SCC(=O)c1cccc(Br)c1F. The molecule has 0 saturated carbocycles. The zero-order valence-corrected chi connectivity index (χ0v) is 11.7. The van der Waals surface area contributed by atoms with Crippen LogP contribution in [0.1, 0.15) is 30.6 Å². The quantitative estimate of drug-likeness (QED) is 0.754. The Bertz CT molecular complexity index is 381. The molecule has 0 fully saturated rings. The van der Waals surface area contributed by atoms with Crippen LogP contribution in [0.25, 0.3) is 0 Å². The van der Waals surface area contributed by atoms with E-state index in [1.807, 2.05) is 0 Å². The number of Topliss-reactive ketones (excluding diaryl/α,β-unsaturated/α-hetero) is 1. The van der Waals surface area contributed by atoms with Gasteiger partial charge in [-0.15, -0.1) is 0 Å². The molecule has 0 spiro atoms. The monoisotopic (exact) mass is 304 g/mol. The molecule has 0 N–H and O–H groups in total. The normalized spacial score (nSPS) is 12.5. The number of hydrogen-bond donors (Lipinski definition) is 0. The summed E-state index contributed by atoms with van der Waals surface area (Å²) < 4.78 is 13.9. The highest BCUT2D eigenvalue weighted by atomic mass is 79.9. The Morgan fingerprint density at radius 3 is 2.88 bits per heavy atom. The number of ketones is 1. The van der Waals surface area contributed by atoms with Crippen molar-refractivity contribution in [1.29, 1.82) is 0 Å². The number of carbonyl (C=O) groups is 1. The Morgan fingerprint density at radius 2 is 2.25 bits per heavy atom. The second-order valence-corrected chi connectivity index (χ2v) is 5.84. The molecule has 0 bridgehead atoms. The maximum atomic E-state index is 13.6. The van der Waals surface area contributed by atoms with Crippen LogP contribution in [0.3, 0.4) is 0 Å². The van der Waals surface area contributed by atoms with Crippen LogP contribution in [0.4, 0.5) is 4.39 Å². The van der Waals surface area contributed by atoms with Crippen molar-refractivity contribution in [3.05, 3.63) is 34.1 Å². The number of thioether (sulfide) groups is 1. The van der Waals surface area contributed by atoms with E-state index in [1.165, 1.54) is 6.07 Å². The predicted molar refractivity (Wildman–Crippen MR) is 70.6 cm³/mol. The number of halogens is 2. The van der Waals surface area contributed by atoms with Crippen LogP contribution in [0, 0.1) is 5.82 Å². The van der Waals surface area contributed by atoms with Gasteiger partial charge in [0.05, 0.1) is 15.8 Å². The van der Waals surface area contributed by atoms with Gasteiger partial charge in [0.15, 0.2) is 5.78 Å².